The van der Waals surface area contributed by atoms with Gasteiger partial charge in [0.25, 0.3) is 5.89 Å². The van der Waals surface area contributed by atoms with Gasteiger partial charge >= 0.3 is 0 Å². The number of rotatable bonds is 6. The van der Waals surface area contributed by atoms with Crippen molar-refractivity contribution in [1.29, 1.82) is 0 Å². The molecule has 0 unspecified atom stereocenters. The van der Waals surface area contributed by atoms with Gasteiger partial charge in [0.2, 0.25) is 0 Å². The zero-order valence-electron chi connectivity index (χ0n) is 12.9. The molecule has 0 amide bonds. The maximum atomic E-state index is 12.7. The SMILES string of the molecule is CC[C@@H](c1ccccc1)[S@](=O)Cc1noc(-c2scnc2C)n1. The lowest BCUT2D eigenvalue weighted by Gasteiger charge is -2.13. The first-order valence-corrected chi connectivity index (χ1v) is 9.60. The molecule has 23 heavy (non-hydrogen) atoms. The van der Waals surface area contributed by atoms with Gasteiger partial charge in [-0.3, -0.25) is 4.21 Å². The first-order valence-electron chi connectivity index (χ1n) is 7.34. The highest BCUT2D eigenvalue weighted by atomic mass is 32.2. The first-order chi connectivity index (χ1) is 11.2. The van der Waals surface area contributed by atoms with Gasteiger partial charge in [-0.2, -0.15) is 4.98 Å². The van der Waals surface area contributed by atoms with E-state index in [-0.39, 0.29) is 11.0 Å². The van der Waals surface area contributed by atoms with Crippen LogP contribution in [0.1, 0.15) is 35.7 Å². The van der Waals surface area contributed by atoms with Crippen LogP contribution in [0.4, 0.5) is 0 Å². The summed E-state index contributed by atoms with van der Waals surface area (Å²) in [4.78, 5) is 9.40. The number of hydrogen-bond acceptors (Lipinski definition) is 6. The van der Waals surface area contributed by atoms with E-state index in [1.54, 1.807) is 5.51 Å². The Kier molecular flexibility index (Phi) is 4.97. The zero-order chi connectivity index (χ0) is 16.2. The normalized spacial score (nSPS) is 13.8. The van der Waals surface area contributed by atoms with Crippen molar-refractivity contribution in [2.75, 3.05) is 0 Å². The largest absolute Gasteiger partial charge is 0.333 e. The Morgan fingerprint density at radius 2 is 2.09 bits per heavy atom. The van der Waals surface area contributed by atoms with Crippen molar-refractivity contribution in [3.63, 3.8) is 0 Å². The molecule has 0 N–H and O–H groups in total. The standard InChI is InChI=1S/C16H17N3O2S2/c1-3-13(12-7-5-4-6-8-12)23(20)9-14-18-16(21-19-14)15-11(2)17-10-22-15/h4-8,10,13H,3,9H2,1-2H3/t13-,23+/m0/s1. The highest BCUT2D eigenvalue weighted by Crippen LogP contribution is 2.27. The number of hydrogen-bond donors (Lipinski definition) is 0. The Hall–Kier alpha value is -1.86. The molecule has 0 bridgehead atoms. The fourth-order valence-corrected chi connectivity index (χ4v) is 4.51. The summed E-state index contributed by atoms with van der Waals surface area (Å²) in [5.74, 6) is 1.21. The molecule has 0 aliphatic heterocycles. The Balaban J connectivity index is 1.75. The topological polar surface area (TPSA) is 68.9 Å². The summed E-state index contributed by atoms with van der Waals surface area (Å²) in [7, 11) is -1.10. The minimum Gasteiger partial charge on any atom is -0.333 e. The lowest BCUT2D eigenvalue weighted by Crippen LogP contribution is -2.08. The van der Waals surface area contributed by atoms with Crippen molar-refractivity contribution >= 4 is 22.1 Å². The monoisotopic (exact) mass is 347 g/mol. The van der Waals surface area contributed by atoms with Crippen molar-refractivity contribution < 1.29 is 8.73 Å². The number of aromatic nitrogens is 3. The molecule has 3 aromatic rings. The van der Waals surface area contributed by atoms with Crippen molar-refractivity contribution in [2.24, 2.45) is 0 Å². The van der Waals surface area contributed by atoms with Crippen LogP contribution in [0.2, 0.25) is 0 Å². The summed E-state index contributed by atoms with van der Waals surface area (Å²) in [6, 6.07) is 9.91. The fraction of sp³-hybridized carbons (Fsp3) is 0.312. The third-order valence-corrected chi connectivity index (χ3v) is 6.24. The van der Waals surface area contributed by atoms with E-state index in [4.69, 9.17) is 4.52 Å². The molecule has 2 heterocycles. The van der Waals surface area contributed by atoms with Crippen LogP contribution < -0.4 is 0 Å². The van der Waals surface area contributed by atoms with E-state index in [2.05, 4.69) is 15.1 Å². The molecule has 0 radical (unpaired) electrons. The quantitative estimate of drug-likeness (QED) is 0.676. The van der Waals surface area contributed by atoms with Gasteiger partial charge in [0, 0.05) is 10.8 Å². The van der Waals surface area contributed by atoms with E-state index >= 15 is 0 Å². The second-order valence-electron chi connectivity index (χ2n) is 5.12. The smallest absolute Gasteiger partial charge is 0.269 e. The summed E-state index contributed by atoms with van der Waals surface area (Å²) >= 11 is 1.46. The van der Waals surface area contributed by atoms with Gasteiger partial charge in [-0.1, -0.05) is 42.4 Å². The summed E-state index contributed by atoms with van der Waals surface area (Å²) in [5.41, 5.74) is 3.69. The fourth-order valence-electron chi connectivity index (χ4n) is 2.38. The molecule has 2 atom stereocenters. The number of benzene rings is 1. The minimum absolute atomic E-state index is 0.0247. The van der Waals surface area contributed by atoms with Gasteiger partial charge < -0.3 is 4.52 Å². The van der Waals surface area contributed by atoms with E-state index in [1.165, 1.54) is 11.3 Å². The van der Waals surface area contributed by atoms with E-state index < -0.39 is 10.8 Å². The van der Waals surface area contributed by atoms with Crippen LogP contribution in [0.5, 0.6) is 0 Å². The number of thiazole rings is 1. The van der Waals surface area contributed by atoms with E-state index in [0.29, 0.717) is 11.7 Å². The Bertz CT molecular complexity index is 799. The van der Waals surface area contributed by atoms with Crippen LogP contribution in [0.3, 0.4) is 0 Å². The molecule has 7 heteroatoms. The van der Waals surface area contributed by atoms with Crippen molar-refractivity contribution in [3.05, 3.63) is 52.9 Å². The second-order valence-corrected chi connectivity index (χ2v) is 7.59. The minimum atomic E-state index is -1.10. The van der Waals surface area contributed by atoms with Gasteiger partial charge in [-0.25, -0.2) is 4.98 Å². The molecule has 120 valence electrons. The summed E-state index contributed by atoms with van der Waals surface area (Å²) in [5, 5.41) is 3.94. The maximum absolute atomic E-state index is 12.7. The molecule has 0 saturated carbocycles. The molecule has 3 rings (SSSR count). The lowest BCUT2D eigenvalue weighted by atomic mass is 10.1. The van der Waals surface area contributed by atoms with Gasteiger partial charge in [-0.15, -0.1) is 11.3 Å². The third kappa shape index (κ3) is 3.56. The van der Waals surface area contributed by atoms with Gasteiger partial charge in [-0.05, 0) is 18.9 Å². The lowest BCUT2D eigenvalue weighted by molar-refractivity contribution is 0.425. The van der Waals surface area contributed by atoms with Gasteiger partial charge in [0.05, 0.1) is 22.2 Å². The predicted octanol–water partition coefficient (Wildman–Crippen LogP) is 3.90. The van der Waals surface area contributed by atoms with Crippen LogP contribution in [0, 0.1) is 6.92 Å². The molecule has 2 aromatic heterocycles. The van der Waals surface area contributed by atoms with Crippen molar-refractivity contribution in [3.8, 4) is 10.8 Å². The molecular weight excluding hydrogens is 330 g/mol. The Morgan fingerprint density at radius 1 is 1.30 bits per heavy atom. The molecule has 5 nitrogen and oxygen atoms in total. The molecule has 0 fully saturated rings. The van der Waals surface area contributed by atoms with Gasteiger partial charge in [0.1, 0.15) is 4.88 Å². The van der Waals surface area contributed by atoms with Crippen LogP contribution >= 0.6 is 11.3 Å². The molecule has 0 spiro atoms. The average molecular weight is 347 g/mol. The van der Waals surface area contributed by atoms with Gasteiger partial charge in [0.15, 0.2) is 5.82 Å². The summed E-state index contributed by atoms with van der Waals surface area (Å²) in [6.07, 6.45) is 0.801. The molecular formula is C16H17N3O2S2. The Labute approximate surface area is 141 Å². The van der Waals surface area contributed by atoms with Crippen molar-refractivity contribution in [1.82, 2.24) is 15.1 Å². The molecule has 0 saturated heterocycles. The molecule has 0 aliphatic carbocycles. The second kappa shape index (κ2) is 7.14. The highest BCUT2D eigenvalue weighted by Gasteiger charge is 2.20. The number of aryl methyl sites for hydroxylation is 1. The number of nitrogens with zero attached hydrogens (tertiary/aromatic N) is 3. The van der Waals surface area contributed by atoms with Crippen LogP contribution in [-0.4, -0.2) is 19.3 Å². The predicted molar refractivity (Wildman–Crippen MR) is 91.5 cm³/mol. The van der Waals surface area contributed by atoms with E-state index in [9.17, 15) is 4.21 Å². The summed E-state index contributed by atoms with van der Waals surface area (Å²) < 4.78 is 18.0. The Morgan fingerprint density at radius 3 is 2.74 bits per heavy atom. The molecule has 1 aromatic carbocycles. The third-order valence-electron chi connectivity index (χ3n) is 3.54. The van der Waals surface area contributed by atoms with Crippen LogP contribution in [0.25, 0.3) is 10.8 Å². The highest BCUT2D eigenvalue weighted by molar-refractivity contribution is 7.84. The maximum Gasteiger partial charge on any atom is 0.269 e. The average Bonchev–Trinajstić information content (AvgIpc) is 3.18. The first kappa shape index (κ1) is 16.0. The van der Waals surface area contributed by atoms with Crippen LogP contribution in [-0.2, 0) is 16.6 Å². The van der Waals surface area contributed by atoms with E-state index in [0.717, 1.165) is 22.6 Å². The van der Waals surface area contributed by atoms with Crippen LogP contribution in [0.15, 0.2) is 40.4 Å². The molecule has 0 aliphatic rings. The zero-order valence-corrected chi connectivity index (χ0v) is 14.6. The van der Waals surface area contributed by atoms with Crippen molar-refractivity contribution in [2.45, 2.75) is 31.3 Å². The summed E-state index contributed by atoms with van der Waals surface area (Å²) in [6.45, 7) is 3.94. The van der Waals surface area contributed by atoms with E-state index in [1.807, 2.05) is 44.2 Å².